The van der Waals surface area contributed by atoms with Crippen molar-refractivity contribution in [2.24, 2.45) is 0 Å². The van der Waals surface area contributed by atoms with Gasteiger partial charge in [0.25, 0.3) is 0 Å². The van der Waals surface area contributed by atoms with Crippen LogP contribution in [0.15, 0.2) is 46.1 Å². The van der Waals surface area contributed by atoms with Gasteiger partial charge in [0.1, 0.15) is 0 Å². The van der Waals surface area contributed by atoms with Crippen LogP contribution in [0.4, 0.5) is 0 Å². The molecule has 0 fully saturated rings. The number of rotatable bonds is 1. The standard InChI is InChI=1S/C13H13I/c1-10-6-8-11(9-7-10)12-4-2-3-5-13(12)14/h2-3,5-9,12H,4H2,1H3. The summed E-state index contributed by atoms with van der Waals surface area (Å²) in [5, 5.41) is 0. The largest absolute Gasteiger partial charge is 0.0836 e. The number of allylic oxidation sites excluding steroid dienone is 4. The summed E-state index contributed by atoms with van der Waals surface area (Å²) in [7, 11) is 0. The second kappa shape index (κ2) is 4.30. The minimum atomic E-state index is 0.584. The van der Waals surface area contributed by atoms with Gasteiger partial charge in [-0.2, -0.15) is 0 Å². The SMILES string of the molecule is Cc1ccc(C2CC=CC=C2I)cc1. The fourth-order valence-electron chi connectivity index (χ4n) is 1.70. The first-order valence-electron chi connectivity index (χ1n) is 4.86. The van der Waals surface area contributed by atoms with Crippen LogP contribution in [0.1, 0.15) is 23.5 Å². The lowest BCUT2D eigenvalue weighted by molar-refractivity contribution is 0.847. The average Bonchev–Trinajstić information content (AvgIpc) is 2.20. The van der Waals surface area contributed by atoms with E-state index in [2.05, 4.69) is 72.0 Å². The molecule has 0 radical (unpaired) electrons. The Morgan fingerprint density at radius 2 is 1.93 bits per heavy atom. The first-order chi connectivity index (χ1) is 6.77. The highest BCUT2D eigenvalue weighted by Gasteiger charge is 2.14. The van der Waals surface area contributed by atoms with Crippen LogP contribution in [0.2, 0.25) is 0 Å². The molecule has 1 aliphatic carbocycles. The van der Waals surface area contributed by atoms with Crippen molar-refractivity contribution in [2.45, 2.75) is 19.3 Å². The Morgan fingerprint density at radius 3 is 2.57 bits per heavy atom. The highest BCUT2D eigenvalue weighted by molar-refractivity contribution is 14.1. The van der Waals surface area contributed by atoms with Crippen molar-refractivity contribution in [1.82, 2.24) is 0 Å². The Hall–Kier alpha value is -0.570. The molecule has 0 aromatic heterocycles. The molecule has 1 aliphatic rings. The second-order valence-corrected chi connectivity index (χ2v) is 4.92. The van der Waals surface area contributed by atoms with E-state index >= 15 is 0 Å². The quantitative estimate of drug-likeness (QED) is 0.676. The van der Waals surface area contributed by atoms with E-state index in [1.54, 1.807) is 0 Å². The van der Waals surface area contributed by atoms with E-state index in [0.717, 1.165) is 6.42 Å². The molecule has 0 spiro atoms. The van der Waals surface area contributed by atoms with Gasteiger partial charge in [-0.15, -0.1) is 0 Å². The third-order valence-corrected chi connectivity index (χ3v) is 3.69. The lowest BCUT2D eigenvalue weighted by atomic mass is 9.92. The molecule has 0 saturated carbocycles. The van der Waals surface area contributed by atoms with Gasteiger partial charge >= 0.3 is 0 Å². The molecule has 2 rings (SSSR count). The van der Waals surface area contributed by atoms with Gasteiger partial charge in [-0.3, -0.25) is 0 Å². The van der Waals surface area contributed by atoms with Gasteiger partial charge in [-0.05, 0) is 45.1 Å². The summed E-state index contributed by atoms with van der Waals surface area (Å²) in [6, 6.07) is 8.87. The summed E-state index contributed by atoms with van der Waals surface area (Å²) < 4.78 is 1.44. The zero-order valence-corrected chi connectivity index (χ0v) is 10.4. The molecule has 72 valence electrons. The molecule has 0 nitrogen and oxygen atoms in total. The monoisotopic (exact) mass is 296 g/mol. The van der Waals surface area contributed by atoms with Crippen molar-refractivity contribution in [1.29, 1.82) is 0 Å². The molecule has 0 amide bonds. The van der Waals surface area contributed by atoms with Crippen molar-refractivity contribution >= 4 is 22.6 Å². The summed E-state index contributed by atoms with van der Waals surface area (Å²) in [4.78, 5) is 0. The Kier molecular flexibility index (Phi) is 3.06. The van der Waals surface area contributed by atoms with E-state index in [1.165, 1.54) is 14.7 Å². The molecular weight excluding hydrogens is 283 g/mol. The van der Waals surface area contributed by atoms with Crippen molar-refractivity contribution in [3.05, 3.63) is 57.2 Å². The first-order valence-corrected chi connectivity index (χ1v) is 5.94. The topological polar surface area (TPSA) is 0 Å². The van der Waals surface area contributed by atoms with Crippen LogP contribution in [0.3, 0.4) is 0 Å². The first kappa shape index (κ1) is 9.97. The van der Waals surface area contributed by atoms with Crippen molar-refractivity contribution in [2.75, 3.05) is 0 Å². The summed E-state index contributed by atoms with van der Waals surface area (Å²) in [5.41, 5.74) is 2.76. The van der Waals surface area contributed by atoms with Crippen LogP contribution in [0, 0.1) is 6.92 Å². The molecule has 1 aromatic rings. The van der Waals surface area contributed by atoms with E-state index < -0.39 is 0 Å². The van der Waals surface area contributed by atoms with Gasteiger partial charge in [-0.25, -0.2) is 0 Å². The van der Waals surface area contributed by atoms with Crippen LogP contribution in [0.5, 0.6) is 0 Å². The van der Waals surface area contributed by atoms with Crippen LogP contribution < -0.4 is 0 Å². The molecule has 0 saturated heterocycles. The van der Waals surface area contributed by atoms with E-state index in [-0.39, 0.29) is 0 Å². The van der Waals surface area contributed by atoms with Gasteiger partial charge in [0.05, 0.1) is 0 Å². The van der Waals surface area contributed by atoms with Gasteiger partial charge in [0, 0.05) is 5.92 Å². The Balaban J connectivity index is 2.27. The smallest absolute Gasteiger partial charge is 0.0182 e. The van der Waals surface area contributed by atoms with Crippen LogP contribution in [-0.4, -0.2) is 0 Å². The summed E-state index contributed by atoms with van der Waals surface area (Å²) in [6.45, 7) is 2.13. The van der Waals surface area contributed by atoms with Crippen molar-refractivity contribution in [3.63, 3.8) is 0 Å². The Bertz CT molecular complexity index is 371. The average molecular weight is 296 g/mol. The maximum absolute atomic E-state index is 2.44. The number of hydrogen-bond acceptors (Lipinski definition) is 0. The predicted octanol–water partition coefficient (Wildman–Crippen LogP) is 4.36. The molecule has 1 unspecified atom stereocenters. The summed E-state index contributed by atoms with van der Waals surface area (Å²) in [5.74, 6) is 0.584. The lowest BCUT2D eigenvalue weighted by Crippen LogP contribution is -1.99. The maximum Gasteiger partial charge on any atom is 0.0182 e. The van der Waals surface area contributed by atoms with Crippen LogP contribution in [-0.2, 0) is 0 Å². The minimum Gasteiger partial charge on any atom is -0.0836 e. The fourth-order valence-corrected chi connectivity index (χ4v) is 2.52. The second-order valence-electron chi connectivity index (χ2n) is 3.68. The zero-order chi connectivity index (χ0) is 9.97. The molecular formula is C13H13I. The van der Waals surface area contributed by atoms with Gasteiger partial charge < -0.3 is 0 Å². The molecule has 0 aliphatic heterocycles. The lowest BCUT2D eigenvalue weighted by Gasteiger charge is -2.17. The number of hydrogen-bond donors (Lipinski definition) is 0. The van der Waals surface area contributed by atoms with Gasteiger partial charge in [-0.1, -0.05) is 48.1 Å². The number of benzene rings is 1. The summed E-state index contributed by atoms with van der Waals surface area (Å²) in [6.07, 6.45) is 7.73. The fraction of sp³-hybridized carbons (Fsp3) is 0.231. The molecule has 1 heteroatoms. The molecule has 14 heavy (non-hydrogen) atoms. The molecule has 0 N–H and O–H groups in total. The van der Waals surface area contributed by atoms with Crippen molar-refractivity contribution < 1.29 is 0 Å². The Morgan fingerprint density at radius 1 is 1.21 bits per heavy atom. The highest BCUT2D eigenvalue weighted by Crippen LogP contribution is 2.34. The van der Waals surface area contributed by atoms with Gasteiger partial charge in [0.2, 0.25) is 0 Å². The van der Waals surface area contributed by atoms with E-state index in [4.69, 9.17) is 0 Å². The predicted molar refractivity (Wildman–Crippen MR) is 69.8 cm³/mol. The van der Waals surface area contributed by atoms with E-state index in [1.807, 2.05) is 0 Å². The van der Waals surface area contributed by atoms with Crippen LogP contribution >= 0.6 is 22.6 Å². The van der Waals surface area contributed by atoms with Gasteiger partial charge in [0.15, 0.2) is 0 Å². The maximum atomic E-state index is 2.44. The third-order valence-electron chi connectivity index (χ3n) is 2.58. The molecule has 0 bridgehead atoms. The molecule has 1 aromatic carbocycles. The molecule has 1 atom stereocenters. The minimum absolute atomic E-state index is 0.584. The Labute approximate surface area is 98.9 Å². The highest BCUT2D eigenvalue weighted by atomic mass is 127. The zero-order valence-electron chi connectivity index (χ0n) is 8.20. The normalized spacial score (nSPS) is 20.7. The summed E-state index contributed by atoms with van der Waals surface area (Å²) >= 11 is 2.44. The third kappa shape index (κ3) is 2.08. The van der Waals surface area contributed by atoms with Crippen molar-refractivity contribution in [3.8, 4) is 0 Å². The number of halogens is 1. The van der Waals surface area contributed by atoms with E-state index in [9.17, 15) is 0 Å². The molecule has 0 heterocycles. The van der Waals surface area contributed by atoms with E-state index in [0.29, 0.717) is 5.92 Å². The van der Waals surface area contributed by atoms with Crippen LogP contribution in [0.25, 0.3) is 0 Å². The number of aryl methyl sites for hydroxylation is 1.